The van der Waals surface area contributed by atoms with E-state index < -0.39 is 13.2 Å². The number of benzene rings is 2. The van der Waals surface area contributed by atoms with Gasteiger partial charge < -0.3 is 14.5 Å². The summed E-state index contributed by atoms with van der Waals surface area (Å²) < 4.78 is 19.8. The first-order chi connectivity index (χ1) is 10.9. The fraction of sp³-hybridized carbons (Fsp3) is 0.294. The normalized spacial score (nSPS) is 15.0. The summed E-state index contributed by atoms with van der Waals surface area (Å²) in [7, 11) is 0.448. The van der Waals surface area contributed by atoms with Crippen LogP contribution >= 0.6 is 23.3 Å². The third-order valence-electron chi connectivity index (χ3n) is 3.54. The molecule has 0 aliphatic heterocycles. The number of aliphatic hydroxyl groups excluding tert-OH is 1. The molecule has 23 heavy (non-hydrogen) atoms. The van der Waals surface area contributed by atoms with E-state index >= 15 is 0 Å². The Morgan fingerprint density at radius 3 is 2.17 bits per heavy atom. The van der Waals surface area contributed by atoms with Gasteiger partial charge in [0.1, 0.15) is 0 Å². The highest BCUT2D eigenvalue weighted by molar-refractivity contribution is 9.10. The maximum atomic E-state index is 13.4. The SMILES string of the molecule is CCO[P@](=O)(c1ccc(N(C)C)cc1)[C@H](O)c1ccc(Br)cc1. The summed E-state index contributed by atoms with van der Waals surface area (Å²) in [5.74, 6) is -1.19. The van der Waals surface area contributed by atoms with Crippen LogP contribution in [-0.4, -0.2) is 25.8 Å². The number of anilines is 1. The molecule has 0 saturated heterocycles. The fourth-order valence-electron chi connectivity index (χ4n) is 2.27. The van der Waals surface area contributed by atoms with Gasteiger partial charge in [-0.25, -0.2) is 0 Å². The standard InChI is InChI=1S/C17H21BrNO3P/c1-4-22-23(21,16-11-9-15(10-12-16)19(2)3)17(20)13-5-7-14(18)8-6-13/h5-12,17,20H,4H2,1-3H3/t17-,23+/m0/s1. The summed E-state index contributed by atoms with van der Waals surface area (Å²) in [6.45, 7) is 2.04. The van der Waals surface area contributed by atoms with Crippen molar-refractivity contribution in [3.8, 4) is 0 Å². The lowest BCUT2D eigenvalue weighted by atomic mass is 10.2. The van der Waals surface area contributed by atoms with Gasteiger partial charge in [-0.1, -0.05) is 28.1 Å². The number of aliphatic hydroxyl groups is 1. The molecule has 6 heteroatoms. The number of hydrogen-bond acceptors (Lipinski definition) is 4. The lowest BCUT2D eigenvalue weighted by Gasteiger charge is -2.24. The first-order valence-corrected chi connectivity index (χ1v) is 9.83. The first kappa shape index (κ1) is 18.2. The second-order valence-corrected chi connectivity index (χ2v) is 8.72. The van der Waals surface area contributed by atoms with Gasteiger partial charge in [0.2, 0.25) is 0 Å². The van der Waals surface area contributed by atoms with Crippen molar-refractivity contribution < 1.29 is 14.2 Å². The van der Waals surface area contributed by atoms with Crippen LogP contribution in [0.25, 0.3) is 0 Å². The van der Waals surface area contributed by atoms with Crippen molar-refractivity contribution in [2.24, 2.45) is 0 Å². The van der Waals surface area contributed by atoms with E-state index in [-0.39, 0.29) is 6.61 Å². The van der Waals surface area contributed by atoms with Crippen LogP contribution in [-0.2, 0) is 9.09 Å². The van der Waals surface area contributed by atoms with Crippen molar-refractivity contribution in [3.63, 3.8) is 0 Å². The van der Waals surface area contributed by atoms with Crippen molar-refractivity contribution in [1.82, 2.24) is 0 Å². The molecule has 0 aromatic heterocycles. The largest absolute Gasteiger partial charge is 0.378 e. The Bertz CT molecular complexity index is 686. The average molecular weight is 398 g/mol. The molecule has 0 aliphatic carbocycles. The number of rotatable bonds is 6. The molecule has 0 aliphatic rings. The highest BCUT2D eigenvalue weighted by atomic mass is 79.9. The number of nitrogens with zero attached hydrogens (tertiary/aromatic N) is 1. The van der Waals surface area contributed by atoms with Gasteiger partial charge in [-0.15, -0.1) is 0 Å². The Balaban J connectivity index is 2.41. The van der Waals surface area contributed by atoms with Gasteiger partial charge in [0.15, 0.2) is 5.85 Å². The second-order valence-electron chi connectivity index (χ2n) is 5.35. The molecule has 2 rings (SSSR count). The number of halogens is 1. The Hall–Kier alpha value is -1.13. The quantitative estimate of drug-likeness (QED) is 0.743. The van der Waals surface area contributed by atoms with Crippen molar-refractivity contribution in [2.75, 3.05) is 25.6 Å². The molecular formula is C17H21BrNO3P. The molecule has 2 aromatic carbocycles. The molecule has 2 atom stereocenters. The van der Waals surface area contributed by atoms with Crippen molar-refractivity contribution >= 4 is 34.3 Å². The van der Waals surface area contributed by atoms with Crippen LogP contribution in [0.5, 0.6) is 0 Å². The summed E-state index contributed by atoms with van der Waals surface area (Å²) in [6, 6.07) is 14.4. The van der Waals surface area contributed by atoms with Crippen LogP contribution < -0.4 is 10.2 Å². The molecular weight excluding hydrogens is 377 g/mol. The van der Waals surface area contributed by atoms with Crippen LogP contribution in [0.2, 0.25) is 0 Å². The summed E-state index contributed by atoms with van der Waals surface area (Å²) in [5.41, 5.74) is 1.57. The topological polar surface area (TPSA) is 49.8 Å². The maximum Gasteiger partial charge on any atom is 0.264 e. The molecule has 0 spiro atoms. The van der Waals surface area contributed by atoms with E-state index in [4.69, 9.17) is 4.52 Å². The first-order valence-electron chi connectivity index (χ1n) is 7.34. The van der Waals surface area contributed by atoms with Crippen LogP contribution in [0.1, 0.15) is 18.3 Å². The summed E-state index contributed by atoms with van der Waals surface area (Å²) in [6.07, 6.45) is 0. The van der Waals surface area contributed by atoms with E-state index in [0.717, 1.165) is 10.2 Å². The Labute approximate surface area is 145 Å². The molecule has 0 saturated carbocycles. The van der Waals surface area contributed by atoms with Gasteiger partial charge in [0, 0.05) is 29.6 Å². The Kier molecular flexibility index (Phi) is 6.04. The minimum absolute atomic E-state index is 0.264. The second kappa shape index (κ2) is 7.63. The Morgan fingerprint density at radius 1 is 1.13 bits per heavy atom. The van der Waals surface area contributed by atoms with Crippen LogP contribution in [0.4, 0.5) is 5.69 Å². The third-order valence-corrected chi connectivity index (χ3v) is 6.67. The summed E-state index contributed by atoms with van der Waals surface area (Å²) >= 11 is 3.36. The number of hydrogen-bond donors (Lipinski definition) is 1. The third kappa shape index (κ3) is 4.04. The molecule has 4 nitrogen and oxygen atoms in total. The molecule has 0 heterocycles. The van der Waals surface area contributed by atoms with Crippen LogP contribution in [0, 0.1) is 0 Å². The molecule has 2 aromatic rings. The molecule has 1 N–H and O–H groups in total. The van der Waals surface area contributed by atoms with Crippen molar-refractivity contribution in [1.29, 1.82) is 0 Å². The lowest BCUT2D eigenvalue weighted by molar-refractivity contribution is 0.218. The summed E-state index contributed by atoms with van der Waals surface area (Å²) in [4.78, 5) is 1.96. The predicted molar refractivity (Wildman–Crippen MR) is 98.7 cm³/mol. The van der Waals surface area contributed by atoms with Gasteiger partial charge in [0.05, 0.1) is 6.61 Å². The van der Waals surface area contributed by atoms with Crippen molar-refractivity contribution in [2.45, 2.75) is 12.8 Å². The van der Waals surface area contributed by atoms with E-state index in [9.17, 15) is 9.67 Å². The van der Waals surface area contributed by atoms with E-state index in [1.165, 1.54) is 0 Å². The Morgan fingerprint density at radius 2 is 1.70 bits per heavy atom. The van der Waals surface area contributed by atoms with Gasteiger partial charge in [-0.2, -0.15) is 0 Å². The average Bonchev–Trinajstić information content (AvgIpc) is 2.55. The van der Waals surface area contributed by atoms with E-state index in [2.05, 4.69) is 15.9 Å². The van der Waals surface area contributed by atoms with Gasteiger partial charge in [-0.3, -0.25) is 4.57 Å². The molecule has 0 amide bonds. The molecule has 0 unspecified atom stereocenters. The zero-order chi connectivity index (χ0) is 17.0. The predicted octanol–water partition coefficient (Wildman–Crippen LogP) is 4.15. The molecule has 0 radical (unpaired) electrons. The molecule has 124 valence electrons. The highest BCUT2D eigenvalue weighted by Gasteiger charge is 2.36. The molecule has 0 bridgehead atoms. The van der Waals surface area contributed by atoms with Crippen LogP contribution in [0.3, 0.4) is 0 Å². The van der Waals surface area contributed by atoms with Gasteiger partial charge in [-0.05, 0) is 48.9 Å². The lowest BCUT2D eigenvalue weighted by Crippen LogP contribution is -2.16. The van der Waals surface area contributed by atoms with Crippen LogP contribution in [0.15, 0.2) is 53.0 Å². The highest BCUT2D eigenvalue weighted by Crippen LogP contribution is 2.57. The molecule has 0 fully saturated rings. The minimum Gasteiger partial charge on any atom is -0.378 e. The minimum atomic E-state index is -3.43. The monoisotopic (exact) mass is 397 g/mol. The smallest absolute Gasteiger partial charge is 0.264 e. The summed E-state index contributed by atoms with van der Waals surface area (Å²) in [5, 5.41) is 11.2. The fourth-order valence-corrected chi connectivity index (χ4v) is 4.62. The van der Waals surface area contributed by atoms with Gasteiger partial charge >= 0.3 is 0 Å². The van der Waals surface area contributed by atoms with E-state index in [1.807, 2.05) is 43.3 Å². The van der Waals surface area contributed by atoms with Gasteiger partial charge in [0.25, 0.3) is 7.37 Å². The van der Waals surface area contributed by atoms with E-state index in [1.54, 1.807) is 31.2 Å². The zero-order valence-corrected chi connectivity index (χ0v) is 15.9. The maximum absolute atomic E-state index is 13.4. The van der Waals surface area contributed by atoms with E-state index in [0.29, 0.717) is 10.9 Å². The van der Waals surface area contributed by atoms with Crippen molar-refractivity contribution in [3.05, 3.63) is 58.6 Å². The zero-order valence-electron chi connectivity index (χ0n) is 13.4.